The van der Waals surface area contributed by atoms with E-state index in [1.54, 1.807) is 0 Å². The van der Waals surface area contributed by atoms with Crippen LogP contribution < -0.4 is 0 Å². The maximum atomic E-state index is 11.6. The van der Waals surface area contributed by atoms with E-state index in [2.05, 4.69) is 35.0 Å². The van der Waals surface area contributed by atoms with Crippen LogP contribution in [0.3, 0.4) is 0 Å². The van der Waals surface area contributed by atoms with Crippen molar-refractivity contribution in [3.05, 3.63) is 34.3 Å². The van der Waals surface area contributed by atoms with Gasteiger partial charge in [-0.3, -0.25) is 4.79 Å². The number of hydrogen-bond donors (Lipinski definition) is 0. The number of halogens is 1. The Balaban J connectivity index is 2.20. The molecule has 1 atom stereocenters. The zero-order chi connectivity index (χ0) is 10.8. The molecule has 1 fully saturated rings. The summed E-state index contributed by atoms with van der Waals surface area (Å²) in [5.74, 6) is 0.280. The van der Waals surface area contributed by atoms with Crippen LogP contribution >= 0.6 is 15.9 Å². The Labute approximate surface area is 98.4 Å². The van der Waals surface area contributed by atoms with E-state index >= 15 is 0 Å². The van der Waals surface area contributed by atoms with Crippen molar-refractivity contribution in [1.82, 2.24) is 4.90 Å². The van der Waals surface area contributed by atoms with Crippen molar-refractivity contribution >= 4 is 21.8 Å². The number of likely N-dealkylation sites (tertiary alicyclic amines) is 1. The average molecular weight is 268 g/mol. The van der Waals surface area contributed by atoms with E-state index in [1.807, 2.05) is 17.0 Å². The molecule has 1 unspecified atom stereocenters. The number of carbonyl (C=O) groups is 1. The molecule has 1 aliphatic heterocycles. The summed E-state index contributed by atoms with van der Waals surface area (Å²) in [6.07, 6.45) is 1.70. The van der Waals surface area contributed by atoms with Crippen LogP contribution in [0, 0.1) is 0 Å². The molecule has 0 saturated carbocycles. The van der Waals surface area contributed by atoms with E-state index in [4.69, 9.17) is 0 Å². The molecule has 0 aliphatic carbocycles. The quantitative estimate of drug-likeness (QED) is 0.807. The van der Waals surface area contributed by atoms with Crippen molar-refractivity contribution in [3.63, 3.8) is 0 Å². The van der Waals surface area contributed by atoms with E-state index in [0.29, 0.717) is 6.42 Å². The summed E-state index contributed by atoms with van der Waals surface area (Å²) in [5.41, 5.74) is 1.19. The summed E-state index contributed by atoms with van der Waals surface area (Å²) >= 11 is 3.45. The SMILES string of the molecule is CC(c1cccc(Br)c1)N1CCCC1=O. The Morgan fingerprint density at radius 2 is 2.27 bits per heavy atom. The number of nitrogens with zero attached hydrogens (tertiary/aromatic N) is 1. The summed E-state index contributed by atoms with van der Waals surface area (Å²) in [7, 11) is 0. The van der Waals surface area contributed by atoms with Crippen molar-refractivity contribution in [2.45, 2.75) is 25.8 Å². The topological polar surface area (TPSA) is 20.3 Å². The van der Waals surface area contributed by atoms with Crippen LogP contribution in [-0.4, -0.2) is 17.4 Å². The van der Waals surface area contributed by atoms with Crippen molar-refractivity contribution in [2.75, 3.05) is 6.54 Å². The van der Waals surface area contributed by atoms with Crippen LogP contribution in [-0.2, 0) is 4.79 Å². The Kier molecular flexibility index (Phi) is 3.10. The molecule has 2 rings (SSSR count). The van der Waals surface area contributed by atoms with E-state index < -0.39 is 0 Å². The highest BCUT2D eigenvalue weighted by Crippen LogP contribution is 2.26. The lowest BCUT2D eigenvalue weighted by Crippen LogP contribution is -2.27. The second kappa shape index (κ2) is 4.35. The molecule has 2 nitrogen and oxygen atoms in total. The molecule has 80 valence electrons. The highest BCUT2D eigenvalue weighted by molar-refractivity contribution is 9.10. The summed E-state index contributed by atoms with van der Waals surface area (Å²) in [4.78, 5) is 13.5. The summed E-state index contributed by atoms with van der Waals surface area (Å²) in [6, 6.07) is 8.35. The van der Waals surface area contributed by atoms with Crippen molar-refractivity contribution in [2.24, 2.45) is 0 Å². The van der Waals surface area contributed by atoms with Crippen LogP contribution in [0.2, 0.25) is 0 Å². The molecule has 0 N–H and O–H groups in total. The minimum atomic E-state index is 0.192. The van der Waals surface area contributed by atoms with Gasteiger partial charge in [-0.25, -0.2) is 0 Å². The zero-order valence-electron chi connectivity index (χ0n) is 8.74. The third-order valence-electron chi connectivity index (χ3n) is 2.91. The summed E-state index contributed by atoms with van der Waals surface area (Å²) in [6.45, 7) is 2.98. The summed E-state index contributed by atoms with van der Waals surface area (Å²) in [5, 5.41) is 0. The van der Waals surface area contributed by atoms with Crippen LogP contribution in [0.4, 0.5) is 0 Å². The normalized spacial score (nSPS) is 18.3. The molecule has 0 aromatic heterocycles. The van der Waals surface area contributed by atoms with Crippen molar-refractivity contribution in [1.29, 1.82) is 0 Å². The molecule has 1 heterocycles. The van der Waals surface area contributed by atoms with Gasteiger partial charge in [-0.15, -0.1) is 0 Å². The Bertz CT molecular complexity index is 378. The van der Waals surface area contributed by atoms with Gasteiger partial charge in [0.05, 0.1) is 6.04 Å². The van der Waals surface area contributed by atoms with E-state index in [-0.39, 0.29) is 11.9 Å². The Morgan fingerprint density at radius 1 is 1.47 bits per heavy atom. The maximum absolute atomic E-state index is 11.6. The molecule has 15 heavy (non-hydrogen) atoms. The highest BCUT2D eigenvalue weighted by atomic mass is 79.9. The second-order valence-electron chi connectivity index (χ2n) is 3.92. The lowest BCUT2D eigenvalue weighted by molar-refractivity contribution is -0.129. The van der Waals surface area contributed by atoms with Gasteiger partial charge in [0.25, 0.3) is 0 Å². The lowest BCUT2D eigenvalue weighted by Gasteiger charge is -2.24. The van der Waals surface area contributed by atoms with Gasteiger partial charge >= 0.3 is 0 Å². The number of amides is 1. The molecule has 0 spiro atoms. The Morgan fingerprint density at radius 3 is 2.87 bits per heavy atom. The van der Waals surface area contributed by atoms with Gasteiger partial charge in [-0.05, 0) is 31.0 Å². The molecular formula is C12H14BrNO. The predicted molar refractivity (Wildman–Crippen MR) is 63.5 cm³/mol. The van der Waals surface area contributed by atoms with Gasteiger partial charge in [0.15, 0.2) is 0 Å². The molecule has 1 amide bonds. The van der Waals surface area contributed by atoms with E-state index in [1.165, 1.54) is 5.56 Å². The fraction of sp³-hybridized carbons (Fsp3) is 0.417. The molecule has 3 heteroatoms. The second-order valence-corrected chi connectivity index (χ2v) is 4.84. The van der Waals surface area contributed by atoms with Crippen LogP contribution in [0.15, 0.2) is 28.7 Å². The first-order chi connectivity index (χ1) is 7.18. The van der Waals surface area contributed by atoms with Crippen LogP contribution in [0.5, 0.6) is 0 Å². The Hall–Kier alpha value is -0.830. The van der Waals surface area contributed by atoms with Crippen LogP contribution in [0.25, 0.3) is 0 Å². The number of hydrogen-bond acceptors (Lipinski definition) is 1. The largest absolute Gasteiger partial charge is 0.336 e. The van der Waals surface area contributed by atoms with Gasteiger partial charge in [0.2, 0.25) is 5.91 Å². The van der Waals surface area contributed by atoms with Gasteiger partial charge in [0.1, 0.15) is 0 Å². The first-order valence-corrected chi connectivity index (χ1v) is 6.03. The molecule has 1 aromatic carbocycles. The smallest absolute Gasteiger partial charge is 0.223 e. The van der Waals surface area contributed by atoms with Crippen LogP contribution in [0.1, 0.15) is 31.4 Å². The van der Waals surface area contributed by atoms with Gasteiger partial charge in [-0.2, -0.15) is 0 Å². The monoisotopic (exact) mass is 267 g/mol. The first kappa shape index (κ1) is 10.7. The third kappa shape index (κ3) is 2.23. The number of rotatable bonds is 2. The van der Waals surface area contributed by atoms with Gasteiger partial charge in [0, 0.05) is 17.4 Å². The fourth-order valence-electron chi connectivity index (χ4n) is 2.02. The van der Waals surface area contributed by atoms with E-state index in [0.717, 1.165) is 17.4 Å². The minimum absolute atomic E-state index is 0.192. The molecule has 1 saturated heterocycles. The average Bonchev–Trinajstić information content (AvgIpc) is 2.63. The molecule has 0 radical (unpaired) electrons. The minimum Gasteiger partial charge on any atom is -0.336 e. The van der Waals surface area contributed by atoms with Crippen molar-refractivity contribution in [3.8, 4) is 0 Å². The fourth-order valence-corrected chi connectivity index (χ4v) is 2.44. The molecular weight excluding hydrogens is 254 g/mol. The number of carbonyl (C=O) groups excluding carboxylic acids is 1. The lowest BCUT2D eigenvalue weighted by atomic mass is 10.1. The van der Waals surface area contributed by atoms with Crippen molar-refractivity contribution < 1.29 is 4.79 Å². The maximum Gasteiger partial charge on any atom is 0.223 e. The van der Waals surface area contributed by atoms with E-state index in [9.17, 15) is 4.79 Å². The zero-order valence-corrected chi connectivity index (χ0v) is 10.3. The predicted octanol–water partition coefficient (Wildman–Crippen LogP) is 3.13. The molecule has 1 aromatic rings. The standard InChI is InChI=1S/C12H14BrNO/c1-9(14-7-3-6-12(14)15)10-4-2-5-11(13)8-10/h2,4-5,8-9H,3,6-7H2,1H3. The molecule has 0 bridgehead atoms. The highest BCUT2D eigenvalue weighted by Gasteiger charge is 2.25. The van der Waals surface area contributed by atoms with Gasteiger partial charge in [-0.1, -0.05) is 28.1 Å². The molecule has 1 aliphatic rings. The third-order valence-corrected chi connectivity index (χ3v) is 3.40. The van der Waals surface area contributed by atoms with Gasteiger partial charge < -0.3 is 4.90 Å². The summed E-state index contributed by atoms with van der Waals surface area (Å²) < 4.78 is 1.07. The first-order valence-electron chi connectivity index (χ1n) is 5.23. The number of benzene rings is 1.